The van der Waals surface area contributed by atoms with E-state index in [1.807, 2.05) is 0 Å². The quantitative estimate of drug-likeness (QED) is 0.745. The first kappa shape index (κ1) is 12.2. The molecule has 0 aromatic heterocycles. The lowest BCUT2D eigenvalue weighted by Crippen LogP contribution is -2.33. The summed E-state index contributed by atoms with van der Waals surface area (Å²) in [4.78, 5) is 12.0. The molecule has 0 heterocycles. The van der Waals surface area contributed by atoms with Crippen LogP contribution in [0, 0.1) is 0 Å². The van der Waals surface area contributed by atoms with Crippen molar-refractivity contribution in [3.8, 4) is 5.75 Å². The van der Waals surface area contributed by atoms with E-state index in [1.165, 1.54) is 4.90 Å². The van der Waals surface area contributed by atoms with Gasteiger partial charge in [0.2, 0.25) is 0 Å². The third-order valence-corrected chi connectivity index (χ3v) is 2.16. The first-order chi connectivity index (χ1) is 7.63. The molecule has 0 unspecified atom stereocenters. The largest absolute Gasteiger partial charge is 0.492 e. The van der Waals surface area contributed by atoms with Gasteiger partial charge in [-0.25, -0.2) is 4.79 Å². The van der Waals surface area contributed by atoms with E-state index in [0.29, 0.717) is 31.1 Å². The van der Waals surface area contributed by atoms with Gasteiger partial charge in [0.05, 0.1) is 6.54 Å². The van der Waals surface area contributed by atoms with Crippen LogP contribution in [0.4, 0.5) is 10.5 Å². The van der Waals surface area contributed by atoms with E-state index in [4.69, 9.17) is 15.6 Å². The molecule has 0 aliphatic rings. The zero-order valence-corrected chi connectivity index (χ0v) is 9.22. The fourth-order valence-corrected chi connectivity index (χ4v) is 1.23. The van der Waals surface area contributed by atoms with Crippen LogP contribution in [0.2, 0.25) is 0 Å². The van der Waals surface area contributed by atoms with Gasteiger partial charge >= 0.3 is 6.09 Å². The van der Waals surface area contributed by atoms with Crippen molar-refractivity contribution in [1.29, 1.82) is 0 Å². The average molecular weight is 224 g/mol. The van der Waals surface area contributed by atoms with Gasteiger partial charge < -0.3 is 20.5 Å². The van der Waals surface area contributed by atoms with Crippen LogP contribution >= 0.6 is 0 Å². The van der Waals surface area contributed by atoms with Crippen molar-refractivity contribution < 1.29 is 14.6 Å². The lowest BCUT2D eigenvalue weighted by atomic mass is 10.3. The highest BCUT2D eigenvalue weighted by Crippen LogP contribution is 2.12. The molecule has 1 aromatic carbocycles. The van der Waals surface area contributed by atoms with Crippen molar-refractivity contribution in [2.24, 2.45) is 0 Å². The maximum Gasteiger partial charge on any atom is 0.407 e. The Morgan fingerprint density at radius 1 is 1.44 bits per heavy atom. The molecule has 16 heavy (non-hydrogen) atoms. The van der Waals surface area contributed by atoms with Crippen LogP contribution in [-0.4, -0.2) is 35.8 Å². The Hall–Kier alpha value is -1.91. The van der Waals surface area contributed by atoms with Crippen LogP contribution in [0.1, 0.15) is 6.92 Å². The predicted molar refractivity (Wildman–Crippen MR) is 61.6 cm³/mol. The second-order valence-electron chi connectivity index (χ2n) is 3.28. The van der Waals surface area contributed by atoms with Gasteiger partial charge in [-0.05, 0) is 31.2 Å². The maximum atomic E-state index is 10.7. The van der Waals surface area contributed by atoms with Gasteiger partial charge in [-0.1, -0.05) is 0 Å². The Morgan fingerprint density at radius 2 is 2.06 bits per heavy atom. The maximum absolute atomic E-state index is 10.7. The highest BCUT2D eigenvalue weighted by atomic mass is 16.5. The summed E-state index contributed by atoms with van der Waals surface area (Å²) >= 11 is 0. The Morgan fingerprint density at radius 3 is 2.56 bits per heavy atom. The normalized spacial score (nSPS) is 9.81. The van der Waals surface area contributed by atoms with E-state index < -0.39 is 6.09 Å². The molecule has 5 heteroatoms. The Balaban J connectivity index is 2.35. The van der Waals surface area contributed by atoms with Crippen LogP contribution in [0.3, 0.4) is 0 Å². The molecular formula is C11H16N2O3. The fraction of sp³-hybridized carbons (Fsp3) is 0.364. The van der Waals surface area contributed by atoms with Gasteiger partial charge in [0.25, 0.3) is 0 Å². The van der Waals surface area contributed by atoms with Crippen LogP contribution in [0.15, 0.2) is 24.3 Å². The van der Waals surface area contributed by atoms with Gasteiger partial charge in [0.15, 0.2) is 0 Å². The number of hydrogen-bond donors (Lipinski definition) is 2. The zero-order chi connectivity index (χ0) is 12.0. The average Bonchev–Trinajstić information content (AvgIpc) is 2.26. The number of anilines is 1. The van der Waals surface area contributed by atoms with E-state index in [2.05, 4.69) is 0 Å². The number of nitrogens with zero attached hydrogens (tertiary/aromatic N) is 1. The summed E-state index contributed by atoms with van der Waals surface area (Å²) in [7, 11) is 0. The smallest absolute Gasteiger partial charge is 0.407 e. The minimum atomic E-state index is -0.927. The summed E-state index contributed by atoms with van der Waals surface area (Å²) in [6.07, 6.45) is -0.927. The SMILES string of the molecule is CCN(CCOc1ccc(N)cc1)C(=O)O. The van der Waals surface area contributed by atoms with Crippen molar-refractivity contribution >= 4 is 11.8 Å². The monoisotopic (exact) mass is 224 g/mol. The number of benzene rings is 1. The number of rotatable bonds is 5. The van der Waals surface area contributed by atoms with Crippen molar-refractivity contribution in [2.75, 3.05) is 25.4 Å². The van der Waals surface area contributed by atoms with E-state index in [1.54, 1.807) is 31.2 Å². The Bertz CT molecular complexity index is 338. The van der Waals surface area contributed by atoms with E-state index in [9.17, 15) is 4.79 Å². The minimum Gasteiger partial charge on any atom is -0.492 e. The van der Waals surface area contributed by atoms with Gasteiger partial charge in [0, 0.05) is 12.2 Å². The Kier molecular flexibility index (Phi) is 4.44. The summed E-state index contributed by atoms with van der Waals surface area (Å²) in [5, 5.41) is 8.76. The summed E-state index contributed by atoms with van der Waals surface area (Å²) in [5.41, 5.74) is 6.20. The van der Waals surface area contributed by atoms with Crippen molar-refractivity contribution in [1.82, 2.24) is 4.90 Å². The molecule has 0 fully saturated rings. The van der Waals surface area contributed by atoms with Gasteiger partial charge in [-0.2, -0.15) is 0 Å². The van der Waals surface area contributed by atoms with Crippen LogP contribution < -0.4 is 10.5 Å². The summed E-state index contributed by atoms with van der Waals surface area (Å²) in [5.74, 6) is 0.690. The topological polar surface area (TPSA) is 75.8 Å². The molecule has 0 spiro atoms. The molecule has 0 saturated carbocycles. The molecule has 0 saturated heterocycles. The number of nitrogen functional groups attached to an aromatic ring is 1. The first-order valence-corrected chi connectivity index (χ1v) is 5.09. The molecular weight excluding hydrogens is 208 g/mol. The van der Waals surface area contributed by atoms with Gasteiger partial charge in [-0.15, -0.1) is 0 Å². The number of hydrogen-bond acceptors (Lipinski definition) is 3. The van der Waals surface area contributed by atoms with E-state index in [-0.39, 0.29) is 0 Å². The second-order valence-corrected chi connectivity index (χ2v) is 3.28. The zero-order valence-electron chi connectivity index (χ0n) is 9.22. The minimum absolute atomic E-state index is 0.337. The summed E-state index contributed by atoms with van der Waals surface area (Å²) in [6, 6.07) is 6.99. The molecule has 88 valence electrons. The van der Waals surface area contributed by atoms with Crippen LogP contribution in [0.5, 0.6) is 5.75 Å². The molecule has 1 rings (SSSR count). The molecule has 0 aliphatic heterocycles. The molecule has 3 N–H and O–H groups in total. The molecule has 1 amide bonds. The number of amides is 1. The number of nitrogens with two attached hydrogens (primary N) is 1. The van der Waals surface area contributed by atoms with Crippen molar-refractivity contribution in [3.05, 3.63) is 24.3 Å². The highest BCUT2D eigenvalue weighted by Gasteiger charge is 2.08. The highest BCUT2D eigenvalue weighted by molar-refractivity contribution is 5.64. The van der Waals surface area contributed by atoms with Crippen LogP contribution in [0.25, 0.3) is 0 Å². The Labute approximate surface area is 94.4 Å². The van der Waals surface area contributed by atoms with Gasteiger partial charge in [0.1, 0.15) is 12.4 Å². The third kappa shape index (κ3) is 3.68. The van der Waals surface area contributed by atoms with Crippen molar-refractivity contribution in [3.63, 3.8) is 0 Å². The second kappa shape index (κ2) is 5.85. The van der Waals surface area contributed by atoms with E-state index >= 15 is 0 Å². The predicted octanol–water partition coefficient (Wildman–Crippen LogP) is 1.65. The summed E-state index contributed by atoms with van der Waals surface area (Å²) < 4.78 is 5.38. The number of likely N-dealkylation sites (N-methyl/N-ethyl adjacent to an activating group) is 1. The molecule has 5 nitrogen and oxygen atoms in total. The lowest BCUT2D eigenvalue weighted by molar-refractivity contribution is 0.138. The number of ether oxygens (including phenoxy) is 1. The van der Waals surface area contributed by atoms with Gasteiger partial charge in [-0.3, -0.25) is 0 Å². The molecule has 1 aromatic rings. The molecule has 0 atom stereocenters. The molecule has 0 radical (unpaired) electrons. The number of carbonyl (C=O) groups is 1. The van der Waals surface area contributed by atoms with Crippen LogP contribution in [-0.2, 0) is 0 Å². The fourth-order valence-electron chi connectivity index (χ4n) is 1.23. The third-order valence-electron chi connectivity index (χ3n) is 2.16. The summed E-state index contributed by atoms with van der Waals surface area (Å²) in [6.45, 7) is 2.94. The molecule has 0 bridgehead atoms. The molecule has 0 aliphatic carbocycles. The lowest BCUT2D eigenvalue weighted by Gasteiger charge is -2.16. The first-order valence-electron chi connectivity index (χ1n) is 5.09. The standard InChI is InChI=1S/C11H16N2O3/c1-2-13(11(14)15)7-8-16-10-5-3-9(12)4-6-10/h3-6H,2,7-8,12H2,1H3,(H,14,15). The number of carboxylic acid groups (broad SMARTS) is 1. The van der Waals surface area contributed by atoms with Crippen molar-refractivity contribution in [2.45, 2.75) is 6.92 Å². The van der Waals surface area contributed by atoms with E-state index in [0.717, 1.165) is 0 Å².